The number of alkyl halides is 3. The Kier molecular flexibility index (Phi) is 7.78. The predicted octanol–water partition coefficient (Wildman–Crippen LogP) is 2.73. The molecular weight excluding hydrogens is 207 g/mol. The van der Waals surface area contributed by atoms with E-state index in [9.17, 15) is 13.2 Å². The Balaban J connectivity index is 3.78. The first-order valence-corrected chi connectivity index (χ1v) is 5.28. The summed E-state index contributed by atoms with van der Waals surface area (Å²) in [5.74, 6) is 0. The van der Waals surface area contributed by atoms with Gasteiger partial charge in [-0.05, 0) is 25.8 Å². The third-order valence-corrected chi connectivity index (χ3v) is 2.13. The van der Waals surface area contributed by atoms with Gasteiger partial charge in [-0.2, -0.15) is 13.2 Å². The lowest BCUT2D eigenvalue weighted by atomic mass is 10.1. The molecule has 0 fully saturated rings. The number of hydrogen-bond acceptors (Lipinski definition) is 2. The lowest BCUT2D eigenvalue weighted by molar-refractivity contribution is -0.136. The van der Waals surface area contributed by atoms with E-state index >= 15 is 0 Å². The van der Waals surface area contributed by atoms with Gasteiger partial charge in [-0.1, -0.05) is 6.92 Å². The van der Waals surface area contributed by atoms with Gasteiger partial charge in [-0.25, -0.2) is 0 Å². The fraction of sp³-hybridized carbons (Fsp3) is 1.00. The van der Waals surface area contributed by atoms with Gasteiger partial charge in [-0.3, -0.25) is 0 Å². The lowest BCUT2D eigenvalue weighted by Gasteiger charge is -2.18. The van der Waals surface area contributed by atoms with E-state index in [-0.39, 0.29) is 12.5 Å². The maximum absolute atomic E-state index is 12.0. The van der Waals surface area contributed by atoms with Crippen LogP contribution in [0.25, 0.3) is 0 Å². The van der Waals surface area contributed by atoms with E-state index in [1.807, 2.05) is 6.92 Å². The quantitative estimate of drug-likeness (QED) is 0.688. The second-order valence-corrected chi connectivity index (χ2v) is 3.59. The predicted molar refractivity (Wildman–Crippen MR) is 53.9 cm³/mol. The lowest BCUT2D eigenvalue weighted by Crippen LogP contribution is -2.32. The number of hydrogen-bond donors (Lipinski definition) is 1. The van der Waals surface area contributed by atoms with Crippen molar-refractivity contribution < 1.29 is 17.9 Å². The fourth-order valence-corrected chi connectivity index (χ4v) is 1.29. The molecule has 0 aliphatic rings. The summed E-state index contributed by atoms with van der Waals surface area (Å²) >= 11 is 0. The van der Waals surface area contributed by atoms with Crippen LogP contribution in [0.2, 0.25) is 0 Å². The van der Waals surface area contributed by atoms with E-state index in [4.69, 9.17) is 4.74 Å². The molecule has 0 heterocycles. The molecule has 0 aliphatic heterocycles. The van der Waals surface area contributed by atoms with Gasteiger partial charge in [0.05, 0.1) is 0 Å². The Morgan fingerprint density at radius 3 is 2.40 bits per heavy atom. The Bertz CT molecular complexity index is 142. The summed E-state index contributed by atoms with van der Waals surface area (Å²) in [6.07, 6.45) is -3.09. The van der Waals surface area contributed by atoms with Crippen LogP contribution >= 0.6 is 0 Å². The van der Waals surface area contributed by atoms with Gasteiger partial charge in [0, 0.05) is 26.2 Å². The van der Waals surface area contributed by atoms with E-state index in [1.165, 1.54) is 0 Å². The van der Waals surface area contributed by atoms with Crippen LogP contribution in [-0.4, -0.2) is 32.5 Å². The molecule has 1 unspecified atom stereocenters. The number of nitrogens with one attached hydrogen (secondary N) is 1. The first-order valence-electron chi connectivity index (χ1n) is 5.28. The van der Waals surface area contributed by atoms with Crippen molar-refractivity contribution in [1.29, 1.82) is 0 Å². The molecule has 2 nitrogen and oxygen atoms in total. The van der Waals surface area contributed by atoms with Crippen LogP contribution in [0.3, 0.4) is 0 Å². The average Bonchev–Trinajstić information content (AvgIpc) is 2.15. The molecule has 0 amide bonds. The molecule has 1 N–H and O–H groups in total. The van der Waals surface area contributed by atoms with Crippen molar-refractivity contribution in [2.75, 3.05) is 20.3 Å². The molecule has 0 saturated heterocycles. The molecular formula is C10H20F3NO. The largest absolute Gasteiger partial charge is 0.389 e. The van der Waals surface area contributed by atoms with Gasteiger partial charge in [0.15, 0.2) is 0 Å². The van der Waals surface area contributed by atoms with E-state index in [0.29, 0.717) is 13.0 Å². The first kappa shape index (κ1) is 14.7. The van der Waals surface area contributed by atoms with Gasteiger partial charge in [0.1, 0.15) is 0 Å². The van der Waals surface area contributed by atoms with Crippen LogP contribution in [-0.2, 0) is 4.74 Å². The zero-order valence-electron chi connectivity index (χ0n) is 9.36. The normalized spacial score (nSPS) is 14.2. The van der Waals surface area contributed by atoms with Crippen molar-refractivity contribution in [2.24, 2.45) is 0 Å². The fourth-order valence-electron chi connectivity index (χ4n) is 1.29. The summed E-state index contributed by atoms with van der Waals surface area (Å²) in [5, 5.41) is 3.10. The molecule has 0 saturated carbocycles. The van der Waals surface area contributed by atoms with E-state index in [2.05, 4.69) is 5.32 Å². The molecule has 1 atom stereocenters. The van der Waals surface area contributed by atoms with E-state index in [1.54, 1.807) is 7.11 Å². The van der Waals surface area contributed by atoms with Crippen LogP contribution in [0.1, 0.15) is 32.6 Å². The molecule has 92 valence electrons. The van der Waals surface area contributed by atoms with Crippen LogP contribution < -0.4 is 5.32 Å². The minimum absolute atomic E-state index is 0.0912. The summed E-state index contributed by atoms with van der Waals surface area (Å²) in [6.45, 7) is 3.25. The third kappa shape index (κ3) is 10.0. The Labute approximate surface area is 89.2 Å². The third-order valence-electron chi connectivity index (χ3n) is 2.13. The summed E-state index contributed by atoms with van der Waals surface area (Å²) in [7, 11) is 1.56. The minimum atomic E-state index is -4.06. The number of rotatable bonds is 8. The Morgan fingerprint density at radius 2 is 1.93 bits per heavy atom. The van der Waals surface area contributed by atoms with Gasteiger partial charge < -0.3 is 10.1 Å². The molecule has 0 aromatic rings. The zero-order valence-corrected chi connectivity index (χ0v) is 9.36. The minimum Gasteiger partial charge on any atom is -0.385 e. The maximum Gasteiger partial charge on any atom is 0.389 e. The monoisotopic (exact) mass is 227 g/mol. The van der Waals surface area contributed by atoms with E-state index < -0.39 is 12.6 Å². The second kappa shape index (κ2) is 7.93. The molecule has 0 radical (unpaired) electrons. The number of halogens is 3. The zero-order chi connectivity index (χ0) is 11.7. The standard InChI is InChI=1S/C10H20F3NO/c1-3-7-14-9(5-8-15-2)4-6-10(11,12)13/h9,14H,3-8H2,1-2H3. The molecule has 0 spiro atoms. The highest BCUT2D eigenvalue weighted by molar-refractivity contribution is 4.68. The van der Waals surface area contributed by atoms with Crippen molar-refractivity contribution in [2.45, 2.75) is 44.8 Å². The van der Waals surface area contributed by atoms with Gasteiger partial charge in [0.2, 0.25) is 0 Å². The van der Waals surface area contributed by atoms with Crippen LogP contribution in [0.4, 0.5) is 13.2 Å². The van der Waals surface area contributed by atoms with Gasteiger partial charge >= 0.3 is 6.18 Å². The van der Waals surface area contributed by atoms with Crippen LogP contribution in [0.15, 0.2) is 0 Å². The Morgan fingerprint density at radius 1 is 1.27 bits per heavy atom. The molecule has 5 heteroatoms. The topological polar surface area (TPSA) is 21.3 Å². The highest BCUT2D eigenvalue weighted by Crippen LogP contribution is 2.22. The van der Waals surface area contributed by atoms with Crippen LogP contribution in [0.5, 0.6) is 0 Å². The Hall–Kier alpha value is -0.290. The first-order chi connectivity index (χ1) is 6.99. The maximum atomic E-state index is 12.0. The average molecular weight is 227 g/mol. The van der Waals surface area contributed by atoms with Gasteiger partial charge in [0.25, 0.3) is 0 Å². The summed E-state index contributed by atoms with van der Waals surface area (Å²) in [4.78, 5) is 0. The summed E-state index contributed by atoms with van der Waals surface area (Å²) in [6, 6.07) is -0.0912. The number of methoxy groups -OCH3 is 1. The SMILES string of the molecule is CCCNC(CCOC)CCC(F)(F)F. The van der Waals surface area contributed by atoms with Crippen LogP contribution in [0, 0.1) is 0 Å². The number of ether oxygens (including phenoxy) is 1. The molecule has 0 aromatic carbocycles. The van der Waals surface area contributed by atoms with Crippen molar-refractivity contribution in [1.82, 2.24) is 5.32 Å². The summed E-state index contributed by atoms with van der Waals surface area (Å²) < 4.78 is 40.9. The summed E-state index contributed by atoms with van der Waals surface area (Å²) in [5.41, 5.74) is 0. The van der Waals surface area contributed by atoms with E-state index in [0.717, 1.165) is 13.0 Å². The van der Waals surface area contributed by atoms with Crippen molar-refractivity contribution >= 4 is 0 Å². The highest BCUT2D eigenvalue weighted by atomic mass is 19.4. The molecule has 0 rings (SSSR count). The molecule has 0 bridgehead atoms. The molecule has 0 aromatic heterocycles. The smallest absolute Gasteiger partial charge is 0.385 e. The second-order valence-electron chi connectivity index (χ2n) is 3.59. The van der Waals surface area contributed by atoms with Crippen molar-refractivity contribution in [3.8, 4) is 0 Å². The molecule has 0 aliphatic carbocycles. The van der Waals surface area contributed by atoms with Gasteiger partial charge in [-0.15, -0.1) is 0 Å². The van der Waals surface area contributed by atoms with Crippen molar-refractivity contribution in [3.63, 3.8) is 0 Å². The highest BCUT2D eigenvalue weighted by Gasteiger charge is 2.27. The van der Waals surface area contributed by atoms with Crippen molar-refractivity contribution in [3.05, 3.63) is 0 Å². The molecule has 15 heavy (non-hydrogen) atoms.